The van der Waals surface area contributed by atoms with Crippen molar-refractivity contribution in [2.75, 3.05) is 26.7 Å². The number of amides is 1. The molecule has 2 aliphatic heterocycles. The first-order valence-corrected chi connectivity index (χ1v) is 9.43. The van der Waals surface area contributed by atoms with E-state index in [1.165, 1.54) is 12.8 Å². The van der Waals surface area contributed by atoms with Crippen molar-refractivity contribution in [2.45, 2.75) is 31.8 Å². The summed E-state index contributed by atoms with van der Waals surface area (Å²) in [4.78, 5) is 15.0. The van der Waals surface area contributed by atoms with Crippen molar-refractivity contribution in [3.05, 3.63) is 48.3 Å². The molecular weight excluding hydrogens is 326 g/mol. The van der Waals surface area contributed by atoms with Crippen LogP contribution in [0.15, 0.2) is 42.7 Å². The number of nitrogens with zero attached hydrogens (tertiary/aromatic N) is 3. The van der Waals surface area contributed by atoms with Gasteiger partial charge in [-0.25, -0.2) is 4.68 Å². The first-order chi connectivity index (χ1) is 12.7. The van der Waals surface area contributed by atoms with Gasteiger partial charge in [-0.15, -0.1) is 0 Å². The van der Waals surface area contributed by atoms with Gasteiger partial charge in [0.1, 0.15) is 0 Å². The molecule has 2 saturated heterocycles. The molecule has 2 aliphatic rings. The minimum absolute atomic E-state index is 0.0117. The van der Waals surface area contributed by atoms with Gasteiger partial charge < -0.3 is 10.6 Å². The Labute approximate surface area is 154 Å². The van der Waals surface area contributed by atoms with Crippen LogP contribution in [0.25, 0.3) is 5.69 Å². The Morgan fingerprint density at radius 3 is 2.96 bits per heavy atom. The standard InChI is InChI=1S/C20H27N5O/c1-24-15-20(6-9-21-10-7-20)13-18(24)19(26)22-14-16-4-2-5-17(12-16)25-11-3-8-23-25/h2-5,8,11-12,18,21H,6-7,9-10,13-15H2,1H3,(H,22,26)/t18-/m0/s1. The van der Waals surface area contributed by atoms with Gasteiger partial charge in [0.25, 0.3) is 0 Å². The topological polar surface area (TPSA) is 62.2 Å². The molecule has 0 unspecified atom stereocenters. The summed E-state index contributed by atoms with van der Waals surface area (Å²) in [6.07, 6.45) is 7.01. The molecule has 2 fully saturated rings. The lowest BCUT2D eigenvalue weighted by atomic mass is 9.77. The Morgan fingerprint density at radius 1 is 1.35 bits per heavy atom. The number of carbonyl (C=O) groups excluding carboxylic acids is 1. The maximum Gasteiger partial charge on any atom is 0.237 e. The van der Waals surface area contributed by atoms with Crippen LogP contribution in [0.5, 0.6) is 0 Å². The Balaban J connectivity index is 1.37. The number of likely N-dealkylation sites (N-methyl/N-ethyl adjacent to an activating group) is 1. The van der Waals surface area contributed by atoms with Crippen molar-refractivity contribution < 1.29 is 4.79 Å². The van der Waals surface area contributed by atoms with E-state index in [0.717, 1.165) is 37.3 Å². The van der Waals surface area contributed by atoms with E-state index >= 15 is 0 Å². The van der Waals surface area contributed by atoms with Crippen molar-refractivity contribution in [3.63, 3.8) is 0 Å². The quantitative estimate of drug-likeness (QED) is 0.876. The normalized spacial score (nSPS) is 22.6. The van der Waals surface area contributed by atoms with Gasteiger partial charge in [-0.05, 0) is 68.6 Å². The first kappa shape index (κ1) is 17.2. The van der Waals surface area contributed by atoms with E-state index in [4.69, 9.17) is 0 Å². The zero-order chi connectivity index (χ0) is 18.0. The van der Waals surface area contributed by atoms with Gasteiger partial charge in [-0.2, -0.15) is 5.10 Å². The number of nitrogens with one attached hydrogen (secondary N) is 2. The summed E-state index contributed by atoms with van der Waals surface area (Å²) in [6.45, 7) is 3.72. The molecule has 1 amide bonds. The summed E-state index contributed by atoms with van der Waals surface area (Å²) in [6, 6.07) is 10.0. The van der Waals surface area contributed by atoms with Gasteiger partial charge in [0.05, 0.1) is 11.7 Å². The lowest BCUT2D eigenvalue weighted by Crippen LogP contribution is -2.41. The molecule has 3 heterocycles. The summed E-state index contributed by atoms with van der Waals surface area (Å²) in [5, 5.41) is 10.8. The minimum Gasteiger partial charge on any atom is -0.351 e. The van der Waals surface area contributed by atoms with E-state index in [2.05, 4.69) is 33.7 Å². The molecule has 26 heavy (non-hydrogen) atoms. The first-order valence-electron chi connectivity index (χ1n) is 9.43. The number of likely N-dealkylation sites (tertiary alicyclic amines) is 1. The summed E-state index contributed by atoms with van der Waals surface area (Å²) in [5.74, 6) is 0.146. The highest BCUT2D eigenvalue weighted by Crippen LogP contribution is 2.41. The van der Waals surface area contributed by atoms with E-state index < -0.39 is 0 Å². The molecule has 0 radical (unpaired) electrons. The Kier molecular flexibility index (Phi) is 4.78. The van der Waals surface area contributed by atoms with E-state index in [1.54, 1.807) is 6.20 Å². The molecule has 1 aromatic carbocycles. The van der Waals surface area contributed by atoms with Gasteiger partial charge in [-0.3, -0.25) is 9.69 Å². The van der Waals surface area contributed by atoms with Crippen molar-refractivity contribution in [1.29, 1.82) is 0 Å². The monoisotopic (exact) mass is 353 g/mol. The van der Waals surface area contributed by atoms with Gasteiger partial charge in [0.2, 0.25) is 5.91 Å². The van der Waals surface area contributed by atoms with Crippen LogP contribution >= 0.6 is 0 Å². The van der Waals surface area contributed by atoms with Crippen LogP contribution in [-0.2, 0) is 11.3 Å². The van der Waals surface area contributed by atoms with Crippen LogP contribution in [0.1, 0.15) is 24.8 Å². The molecule has 0 bridgehead atoms. The third kappa shape index (κ3) is 3.52. The number of rotatable bonds is 4. The summed E-state index contributed by atoms with van der Waals surface area (Å²) < 4.78 is 1.83. The summed E-state index contributed by atoms with van der Waals surface area (Å²) in [7, 11) is 2.08. The van der Waals surface area contributed by atoms with Gasteiger partial charge in [-0.1, -0.05) is 12.1 Å². The molecular formula is C20H27N5O. The third-order valence-electron chi connectivity index (χ3n) is 5.86. The molecule has 0 aliphatic carbocycles. The maximum absolute atomic E-state index is 12.8. The number of carbonyl (C=O) groups is 1. The fraction of sp³-hybridized carbons (Fsp3) is 0.500. The predicted molar refractivity (Wildman–Crippen MR) is 101 cm³/mol. The zero-order valence-electron chi connectivity index (χ0n) is 15.3. The number of aromatic nitrogens is 2. The van der Waals surface area contributed by atoms with Crippen LogP contribution in [0.4, 0.5) is 0 Å². The van der Waals surface area contributed by atoms with E-state index in [0.29, 0.717) is 12.0 Å². The second-order valence-corrected chi connectivity index (χ2v) is 7.72. The van der Waals surface area contributed by atoms with Gasteiger partial charge in [0, 0.05) is 25.5 Å². The highest BCUT2D eigenvalue weighted by molar-refractivity contribution is 5.82. The van der Waals surface area contributed by atoms with Crippen LogP contribution in [0.3, 0.4) is 0 Å². The summed E-state index contributed by atoms with van der Waals surface area (Å²) >= 11 is 0. The molecule has 1 spiro atoms. The largest absolute Gasteiger partial charge is 0.351 e. The molecule has 4 rings (SSSR count). The third-order valence-corrected chi connectivity index (χ3v) is 5.86. The second-order valence-electron chi connectivity index (χ2n) is 7.72. The van der Waals surface area contributed by atoms with E-state index in [9.17, 15) is 4.79 Å². The molecule has 138 valence electrons. The molecule has 6 nitrogen and oxygen atoms in total. The van der Waals surface area contributed by atoms with Crippen LogP contribution in [-0.4, -0.2) is 53.3 Å². The Morgan fingerprint density at radius 2 is 2.19 bits per heavy atom. The van der Waals surface area contributed by atoms with Crippen LogP contribution in [0.2, 0.25) is 0 Å². The maximum atomic E-state index is 12.8. The van der Waals surface area contributed by atoms with E-state index in [1.807, 2.05) is 35.1 Å². The summed E-state index contributed by atoms with van der Waals surface area (Å²) in [5.41, 5.74) is 2.42. The molecule has 2 N–H and O–H groups in total. The lowest BCUT2D eigenvalue weighted by Gasteiger charge is -2.33. The number of piperidine rings is 1. The highest BCUT2D eigenvalue weighted by Gasteiger charge is 2.45. The van der Waals surface area contributed by atoms with Crippen molar-refractivity contribution in [1.82, 2.24) is 25.3 Å². The van der Waals surface area contributed by atoms with E-state index in [-0.39, 0.29) is 11.9 Å². The fourth-order valence-electron chi connectivity index (χ4n) is 4.42. The molecule has 0 saturated carbocycles. The Bertz CT molecular complexity index is 751. The van der Waals surface area contributed by atoms with Crippen LogP contribution < -0.4 is 10.6 Å². The Hall–Kier alpha value is -2.18. The molecule has 2 aromatic rings. The van der Waals surface area contributed by atoms with Gasteiger partial charge in [0.15, 0.2) is 0 Å². The number of hydrogen-bond donors (Lipinski definition) is 2. The second kappa shape index (κ2) is 7.21. The zero-order valence-corrected chi connectivity index (χ0v) is 15.3. The smallest absolute Gasteiger partial charge is 0.237 e. The number of benzene rings is 1. The van der Waals surface area contributed by atoms with Crippen molar-refractivity contribution >= 4 is 5.91 Å². The average molecular weight is 353 g/mol. The van der Waals surface area contributed by atoms with Crippen molar-refractivity contribution in [2.24, 2.45) is 5.41 Å². The highest BCUT2D eigenvalue weighted by atomic mass is 16.2. The average Bonchev–Trinajstić information content (AvgIpc) is 3.29. The molecule has 6 heteroatoms. The van der Waals surface area contributed by atoms with Crippen LogP contribution in [0, 0.1) is 5.41 Å². The van der Waals surface area contributed by atoms with Gasteiger partial charge >= 0.3 is 0 Å². The SMILES string of the molecule is CN1CC2(CCNCC2)C[C@H]1C(=O)NCc1cccc(-n2cccn2)c1. The predicted octanol–water partition coefficient (Wildman–Crippen LogP) is 1.56. The minimum atomic E-state index is -0.0117. The lowest BCUT2D eigenvalue weighted by molar-refractivity contribution is -0.125. The fourth-order valence-corrected chi connectivity index (χ4v) is 4.42. The number of hydrogen-bond acceptors (Lipinski definition) is 4. The molecule has 1 atom stereocenters. The van der Waals surface area contributed by atoms with Crippen molar-refractivity contribution in [3.8, 4) is 5.69 Å². The molecule has 1 aromatic heterocycles.